The maximum absolute atomic E-state index is 12.1. The van der Waals surface area contributed by atoms with E-state index in [-0.39, 0.29) is 18.2 Å². The molecule has 9 heteroatoms. The molecule has 8 nitrogen and oxygen atoms in total. The summed E-state index contributed by atoms with van der Waals surface area (Å²) in [4.78, 5) is 32.8. The molecule has 3 aromatic rings. The van der Waals surface area contributed by atoms with E-state index in [4.69, 9.17) is 4.52 Å². The molecule has 3 aromatic heterocycles. The molecule has 27 heavy (non-hydrogen) atoms. The molecule has 0 radical (unpaired) electrons. The first kappa shape index (κ1) is 18.7. The quantitative estimate of drug-likeness (QED) is 0.647. The molecule has 1 unspecified atom stereocenters. The van der Waals surface area contributed by atoms with Crippen LogP contribution in [0.15, 0.2) is 40.5 Å². The number of rotatable bonds is 7. The highest BCUT2D eigenvalue weighted by molar-refractivity contribution is 7.13. The molecule has 0 saturated carbocycles. The van der Waals surface area contributed by atoms with E-state index in [0.717, 1.165) is 16.3 Å². The molecule has 0 bridgehead atoms. The lowest BCUT2D eigenvalue weighted by molar-refractivity contribution is -0.126. The maximum Gasteiger partial charge on any atom is 0.247 e. The van der Waals surface area contributed by atoms with E-state index in [1.807, 2.05) is 17.5 Å². The molecule has 3 rings (SSSR count). The van der Waals surface area contributed by atoms with Crippen LogP contribution >= 0.6 is 11.3 Å². The summed E-state index contributed by atoms with van der Waals surface area (Å²) in [6.45, 7) is 3.34. The minimum Gasteiger partial charge on any atom is -0.360 e. The van der Waals surface area contributed by atoms with Crippen LogP contribution in [0.4, 0.5) is 5.82 Å². The SMILES string of the molecule is Cc1cc(NC(=O)C(C)NC(=O)CCc2csc(-c3cccnc3)n2)no1. The van der Waals surface area contributed by atoms with Gasteiger partial charge in [0.1, 0.15) is 16.8 Å². The third-order valence-corrected chi connectivity index (χ3v) is 4.66. The fourth-order valence-corrected chi connectivity index (χ4v) is 3.17. The minimum absolute atomic E-state index is 0.218. The van der Waals surface area contributed by atoms with Crippen molar-refractivity contribution in [2.45, 2.75) is 32.7 Å². The number of hydrogen-bond acceptors (Lipinski definition) is 7. The van der Waals surface area contributed by atoms with Gasteiger partial charge in [0.25, 0.3) is 0 Å². The zero-order valence-corrected chi connectivity index (χ0v) is 15.7. The van der Waals surface area contributed by atoms with Crippen molar-refractivity contribution >= 4 is 29.0 Å². The van der Waals surface area contributed by atoms with Crippen molar-refractivity contribution in [2.75, 3.05) is 5.32 Å². The highest BCUT2D eigenvalue weighted by Crippen LogP contribution is 2.23. The number of carbonyl (C=O) groups excluding carboxylic acids is 2. The highest BCUT2D eigenvalue weighted by atomic mass is 32.1. The van der Waals surface area contributed by atoms with Crippen molar-refractivity contribution < 1.29 is 14.1 Å². The summed E-state index contributed by atoms with van der Waals surface area (Å²) in [5.74, 6) is 0.342. The smallest absolute Gasteiger partial charge is 0.247 e. The number of aromatic nitrogens is 3. The Morgan fingerprint density at radius 2 is 2.22 bits per heavy atom. The number of anilines is 1. The highest BCUT2D eigenvalue weighted by Gasteiger charge is 2.17. The Hall–Kier alpha value is -3.07. The van der Waals surface area contributed by atoms with Crippen LogP contribution in [0.2, 0.25) is 0 Å². The Bertz CT molecular complexity index is 922. The van der Waals surface area contributed by atoms with E-state index in [2.05, 4.69) is 25.8 Å². The second-order valence-corrected chi connectivity index (χ2v) is 6.85. The molecule has 0 fully saturated rings. The van der Waals surface area contributed by atoms with Gasteiger partial charge in [-0.2, -0.15) is 0 Å². The van der Waals surface area contributed by atoms with Gasteiger partial charge < -0.3 is 15.2 Å². The van der Waals surface area contributed by atoms with Crippen LogP contribution in [0.3, 0.4) is 0 Å². The van der Waals surface area contributed by atoms with Gasteiger partial charge in [0.2, 0.25) is 11.8 Å². The molecule has 140 valence electrons. The number of pyridine rings is 1. The minimum atomic E-state index is -0.684. The van der Waals surface area contributed by atoms with Gasteiger partial charge in [-0.05, 0) is 32.4 Å². The van der Waals surface area contributed by atoms with Crippen LogP contribution in [0, 0.1) is 6.92 Å². The Kier molecular flexibility index (Phi) is 5.92. The van der Waals surface area contributed by atoms with E-state index in [9.17, 15) is 9.59 Å². The van der Waals surface area contributed by atoms with Crippen LogP contribution < -0.4 is 10.6 Å². The molecule has 0 saturated heterocycles. The molecule has 1 atom stereocenters. The van der Waals surface area contributed by atoms with E-state index in [1.165, 1.54) is 11.3 Å². The number of nitrogens with one attached hydrogen (secondary N) is 2. The monoisotopic (exact) mass is 385 g/mol. The van der Waals surface area contributed by atoms with Gasteiger partial charge >= 0.3 is 0 Å². The number of aryl methyl sites for hydroxylation is 2. The third kappa shape index (κ3) is 5.20. The topological polar surface area (TPSA) is 110 Å². The summed E-state index contributed by atoms with van der Waals surface area (Å²) in [5, 5.41) is 11.7. The average Bonchev–Trinajstić information content (AvgIpc) is 3.29. The summed E-state index contributed by atoms with van der Waals surface area (Å²) >= 11 is 1.51. The van der Waals surface area contributed by atoms with Crippen molar-refractivity contribution in [2.24, 2.45) is 0 Å². The number of amides is 2. The first-order valence-corrected chi connectivity index (χ1v) is 9.27. The fraction of sp³-hybridized carbons (Fsp3) is 0.278. The van der Waals surface area contributed by atoms with Crippen molar-refractivity contribution in [1.82, 2.24) is 20.4 Å². The number of carbonyl (C=O) groups is 2. The number of hydrogen-bond donors (Lipinski definition) is 2. The Labute approximate surface area is 160 Å². The molecule has 0 aliphatic carbocycles. The summed E-state index contributed by atoms with van der Waals surface area (Å²) < 4.78 is 4.89. The van der Waals surface area contributed by atoms with Gasteiger partial charge in [0, 0.05) is 35.8 Å². The third-order valence-electron chi connectivity index (χ3n) is 3.72. The van der Waals surface area contributed by atoms with Crippen molar-refractivity contribution in [1.29, 1.82) is 0 Å². The molecule has 3 heterocycles. The van der Waals surface area contributed by atoms with Gasteiger partial charge in [-0.15, -0.1) is 11.3 Å². The number of thiazole rings is 1. The summed E-state index contributed by atoms with van der Waals surface area (Å²) in [5.41, 5.74) is 1.79. The molecule has 2 amide bonds. The molecule has 0 spiro atoms. The van der Waals surface area contributed by atoms with Gasteiger partial charge in [-0.1, -0.05) is 5.16 Å². The lowest BCUT2D eigenvalue weighted by Gasteiger charge is -2.12. The van der Waals surface area contributed by atoms with E-state index in [0.29, 0.717) is 18.0 Å². The van der Waals surface area contributed by atoms with Gasteiger partial charge in [-0.25, -0.2) is 4.98 Å². The molecule has 0 aromatic carbocycles. The summed E-state index contributed by atoms with van der Waals surface area (Å²) in [7, 11) is 0. The maximum atomic E-state index is 12.1. The largest absolute Gasteiger partial charge is 0.360 e. The molecule has 2 N–H and O–H groups in total. The Morgan fingerprint density at radius 1 is 1.37 bits per heavy atom. The first-order valence-electron chi connectivity index (χ1n) is 8.39. The lowest BCUT2D eigenvalue weighted by Crippen LogP contribution is -2.41. The van der Waals surface area contributed by atoms with Crippen LogP contribution in [0.25, 0.3) is 10.6 Å². The normalized spacial score (nSPS) is 11.8. The predicted molar refractivity (Wildman–Crippen MR) is 101 cm³/mol. The van der Waals surface area contributed by atoms with Crippen LogP contribution in [-0.4, -0.2) is 33.0 Å². The van der Waals surface area contributed by atoms with Crippen LogP contribution in [0.1, 0.15) is 24.8 Å². The zero-order valence-electron chi connectivity index (χ0n) is 14.9. The Balaban J connectivity index is 1.46. The molecule has 0 aliphatic heterocycles. The van der Waals surface area contributed by atoms with Gasteiger partial charge in [-0.3, -0.25) is 14.6 Å². The van der Waals surface area contributed by atoms with Crippen molar-refractivity contribution in [3.8, 4) is 10.6 Å². The molecular weight excluding hydrogens is 366 g/mol. The van der Waals surface area contributed by atoms with E-state index < -0.39 is 6.04 Å². The molecular formula is C18H19N5O3S. The Morgan fingerprint density at radius 3 is 2.93 bits per heavy atom. The standard InChI is InChI=1S/C18H19N5O3S/c1-11-8-15(23-26-11)22-17(25)12(2)20-16(24)6-5-14-10-27-18(21-14)13-4-3-7-19-9-13/h3-4,7-10,12H,5-6H2,1-2H3,(H,20,24)(H,22,23,25). The average molecular weight is 385 g/mol. The lowest BCUT2D eigenvalue weighted by atomic mass is 10.2. The molecule has 0 aliphatic rings. The summed E-state index contributed by atoms with van der Waals surface area (Å²) in [6.07, 6.45) is 4.21. The first-order chi connectivity index (χ1) is 13.0. The zero-order chi connectivity index (χ0) is 19.2. The van der Waals surface area contributed by atoms with Gasteiger partial charge in [0.05, 0.1) is 5.69 Å². The van der Waals surface area contributed by atoms with E-state index in [1.54, 1.807) is 32.3 Å². The van der Waals surface area contributed by atoms with E-state index >= 15 is 0 Å². The van der Waals surface area contributed by atoms with Crippen LogP contribution in [0.5, 0.6) is 0 Å². The van der Waals surface area contributed by atoms with Crippen molar-refractivity contribution in [3.63, 3.8) is 0 Å². The fourth-order valence-electron chi connectivity index (χ4n) is 2.32. The number of nitrogens with zero attached hydrogens (tertiary/aromatic N) is 3. The predicted octanol–water partition coefficient (Wildman–Crippen LogP) is 2.58. The van der Waals surface area contributed by atoms with Crippen molar-refractivity contribution in [3.05, 3.63) is 47.4 Å². The van der Waals surface area contributed by atoms with Gasteiger partial charge in [0.15, 0.2) is 5.82 Å². The summed E-state index contributed by atoms with van der Waals surface area (Å²) in [6, 6.07) is 4.72. The second-order valence-electron chi connectivity index (χ2n) is 5.99. The van der Waals surface area contributed by atoms with Crippen LogP contribution in [-0.2, 0) is 16.0 Å². The second kappa shape index (κ2) is 8.54.